The van der Waals surface area contributed by atoms with Gasteiger partial charge in [0.25, 0.3) is 11.8 Å². The number of anilines is 1. The number of ether oxygens (including phenoxy) is 1. The topological polar surface area (TPSA) is 85.5 Å². The summed E-state index contributed by atoms with van der Waals surface area (Å²) in [6.45, 7) is 0.0485. The van der Waals surface area contributed by atoms with Crippen molar-refractivity contribution in [1.82, 2.24) is 4.98 Å². The lowest BCUT2D eigenvalue weighted by molar-refractivity contribution is -0.138. The fourth-order valence-corrected chi connectivity index (χ4v) is 2.10. The Morgan fingerprint density at radius 3 is 2.82 bits per heavy atom. The van der Waals surface area contributed by atoms with E-state index in [4.69, 9.17) is 10.5 Å². The van der Waals surface area contributed by atoms with Gasteiger partial charge in [-0.1, -0.05) is 23.2 Å². The lowest BCUT2D eigenvalue weighted by atomic mass is 10.4. The summed E-state index contributed by atoms with van der Waals surface area (Å²) in [4.78, 5) is 28.7. The molecule has 88 valence electrons. The third-order valence-corrected chi connectivity index (χ3v) is 2.85. The van der Waals surface area contributed by atoms with E-state index in [-0.39, 0.29) is 19.8 Å². The van der Waals surface area contributed by atoms with Crippen LogP contribution in [-0.2, 0) is 14.3 Å². The highest BCUT2D eigenvalue weighted by Gasteiger charge is 2.30. The maximum Gasteiger partial charge on any atom is 0.261 e. The lowest BCUT2D eigenvalue weighted by Gasteiger charge is -2.21. The molecule has 2 amide bonds. The van der Waals surface area contributed by atoms with E-state index in [1.54, 1.807) is 0 Å². The molecule has 1 aliphatic heterocycles. The van der Waals surface area contributed by atoms with Crippen molar-refractivity contribution in [3.8, 4) is 11.8 Å². The lowest BCUT2D eigenvalue weighted by Crippen LogP contribution is -2.46. The van der Waals surface area contributed by atoms with E-state index in [2.05, 4.69) is 16.8 Å². The summed E-state index contributed by atoms with van der Waals surface area (Å²) in [6.07, 6.45) is 1.51. The van der Waals surface area contributed by atoms with Gasteiger partial charge < -0.3 is 10.5 Å². The summed E-state index contributed by atoms with van der Waals surface area (Å²) < 4.78 is 4.81. The first-order valence-electron chi connectivity index (χ1n) is 4.80. The Bertz CT molecular complexity index is 498. The fourth-order valence-electron chi connectivity index (χ4n) is 1.27. The predicted octanol–water partition coefficient (Wildman–Crippen LogP) is -0.657. The fraction of sp³-hybridized carbons (Fsp3) is 0.300. The second-order valence-electron chi connectivity index (χ2n) is 3.13. The first kappa shape index (κ1) is 11.7. The van der Waals surface area contributed by atoms with E-state index in [0.717, 1.165) is 4.90 Å². The largest absolute Gasteiger partial charge is 0.362 e. The van der Waals surface area contributed by atoms with Crippen LogP contribution in [-0.4, -0.2) is 36.6 Å². The molecule has 6 nitrogen and oxygen atoms in total. The molecule has 1 aromatic heterocycles. The first-order chi connectivity index (χ1) is 8.22. The molecule has 1 fully saturated rings. The van der Waals surface area contributed by atoms with Crippen LogP contribution in [0.25, 0.3) is 0 Å². The van der Waals surface area contributed by atoms with E-state index in [1.807, 2.05) is 0 Å². The Morgan fingerprint density at radius 1 is 1.47 bits per heavy atom. The van der Waals surface area contributed by atoms with Gasteiger partial charge in [0, 0.05) is 0 Å². The molecule has 7 heteroatoms. The molecule has 0 aromatic carbocycles. The van der Waals surface area contributed by atoms with E-state index in [1.165, 1.54) is 17.5 Å². The van der Waals surface area contributed by atoms with Crippen molar-refractivity contribution in [3.05, 3.63) is 11.1 Å². The summed E-state index contributed by atoms with van der Waals surface area (Å²) in [5, 5.41) is 0.324. The molecule has 0 spiro atoms. The molecule has 1 aromatic rings. The molecule has 0 atom stereocenters. The standard InChI is InChI=1S/C10H9N3O3S/c11-3-1-2-7-4-12-10(17-7)13-8(14)5-16-6-9(13)15/h4H,3,5-6,11H2. The number of nitrogens with zero attached hydrogens (tertiary/aromatic N) is 2. The van der Waals surface area contributed by atoms with Crippen molar-refractivity contribution in [2.75, 3.05) is 24.7 Å². The maximum atomic E-state index is 11.5. The number of nitrogens with two attached hydrogens (primary N) is 1. The van der Waals surface area contributed by atoms with Crippen LogP contribution in [0.5, 0.6) is 0 Å². The second-order valence-corrected chi connectivity index (χ2v) is 4.14. The van der Waals surface area contributed by atoms with Crippen LogP contribution in [0.1, 0.15) is 4.88 Å². The Hall–Kier alpha value is -1.75. The Balaban J connectivity index is 2.24. The highest BCUT2D eigenvalue weighted by atomic mass is 32.1. The van der Waals surface area contributed by atoms with Crippen LogP contribution in [0.3, 0.4) is 0 Å². The number of carbonyl (C=O) groups is 2. The normalized spacial score (nSPS) is 15.7. The Morgan fingerprint density at radius 2 is 2.18 bits per heavy atom. The van der Waals surface area contributed by atoms with Crippen LogP contribution < -0.4 is 10.6 Å². The SMILES string of the molecule is NCC#Cc1cnc(N2C(=O)COCC2=O)s1. The van der Waals surface area contributed by atoms with Crippen LogP contribution in [0, 0.1) is 11.8 Å². The minimum atomic E-state index is -0.408. The summed E-state index contributed by atoms with van der Waals surface area (Å²) in [6, 6.07) is 0. The molecule has 0 radical (unpaired) electrons. The van der Waals surface area contributed by atoms with Gasteiger partial charge in [-0.05, 0) is 0 Å². The average molecular weight is 251 g/mol. The molecule has 0 saturated carbocycles. The number of carbonyl (C=O) groups excluding carboxylic acids is 2. The molecule has 17 heavy (non-hydrogen) atoms. The third-order valence-electron chi connectivity index (χ3n) is 1.95. The minimum Gasteiger partial charge on any atom is -0.362 e. The van der Waals surface area contributed by atoms with Crippen LogP contribution in [0.2, 0.25) is 0 Å². The van der Waals surface area contributed by atoms with Gasteiger partial charge in [0.2, 0.25) is 0 Å². The van der Waals surface area contributed by atoms with Crippen LogP contribution >= 0.6 is 11.3 Å². The van der Waals surface area contributed by atoms with Gasteiger partial charge in [-0.3, -0.25) is 9.59 Å². The van der Waals surface area contributed by atoms with Gasteiger partial charge in [-0.2, -0.15) is 0 Å². The molecule has 1 saturated heterocycles. The zero-order chi connectivity index (χ0) is 12.3. The number of morpholine rings is 1. The monoisotopic (exact) mass is 251 g/mol. The number of hydrogen-bond acceptors (Lipinski definition) is 6. The minimum absolute atomic E-state index is 0.102. The van der Waals surface area contributed by atoms with Crippen molar-refractivity contribution in [3.63, 3.8) is 0 Å². The van der Waals surface area contributed by atoms with Crippen LogP contribution in [0.15, 0.2) is 6.20 Å². The molecular weight excluding hydrogens is 242 g/mol. The number of hydrogen-bond donors (Lipinski definition) is 1. The molecular formula is C10H9N3O3S. The van der Waals surface area contributed by atoms with E-state index >= 15 is 0 Å². The van der Waals surface area contributed by atoms with Gasteiger partial charge in [0.05, 0.1) is 17.6 Å². The van der Waals surface area contributed by atoms with Crippen molar-refractivity contribution < 1.29 is 14.3 Å². The van der Waals surface area contributed by atoms with Crippen molar-refractivity contribution in [2.24, 2.45) is 5.73 Å². The molecule has 2 N–H and O–H groups in total. The van der Waals surface area contributed by atoms with Crippen LogP contribution in [0.4, 0.5) is 5.13 Å². The number of imide groups is 1. The van der Waals surface area contributed by atoms with Crippen molar-refractivity contribution >= 4 is 28.3 Å². The van der Waals surface area contributed by atoms with Crippen molar-refractivity contribution in [2.45, 2.75) is 0 Å². The van der Waals surface area contributed by atoms with Crippen molar-refractivity contribution in [1.29, 1.82) is 0 Å². The van der Waals surface area contributed by atoms with Gasteiger partial charge in [0.1, 0.15) is 13.2 Å². The molecule has 1 aliphatic rings. The van der Waals surface area contributed by atoms with Gasteiger partial charge in [-0.15, -0.1) is 0 Å². The Kier molecular flexibility index (Phi) is 3.49. The van der Waals surface area contributed by atoms with Gasteiger partial charge in [-0.25, -0.2) is 9.88 Å². The average Bonchev–Trinajstić information content (AvgIpc) is 2.75. The van der Waals surface area contributed by atoms with E-state index in [0.29, 0.717) is 10.0 Å². The molecule has 0 bridgehead atoms. The van der Waals surface area contributed by atoms with E-state index < -0.39 is 11.8 Å². The molecule has 0 unspecified atom stereocenters. The number of aromatic nitrogens is 1. The first-order valence-corrected chi connectivity index (χ1v) is 5.62. The number of rotatable bonds is 1. The summed E-state index contributed by atoms with van der Waals surface area (Å²) in [5.74, 6) is 4.66. The van der Waals surface area contributed by atoms with E-state index in [9.17, 15) is 9.59 Å². The zero-order valence-corrected chi connectivity index (χ0v) is 9.62. The second kappa shape index (κ2) is 5.05. The third kappa shape index (κ3) is 2.50. The van der Waals surface area contributed by atoms with Gasteiger partial charge in [0.15, 0.2) is 5.13 Å². The highest BCUT2D eigenvalue weighted by molar-refractivity contribution is 7.16. The molecule has 2 heterocycles. The van der Waals surface area contributed by atoms with Gasteiger partial charge >= 0.3 is 0 Å². The zero-order valence-electron chi connectivity index (χ0n) is 8.80. The maximum absolute atomic E-state index is 11.5. The smallest absolute Gasteiger partial charge is 0.261 e. The molecule has 2 rings (SSSR count). The predicted molar refractivity (Wildman–Crippen MR) is 61.4 cm³/mol. The summed E-state index contributed by atoms with van der Waals surface area (Å²) in [7, 11) is 0. The number of amides is 2. The molecule has 0 aliphatic carbocycles. The summed E-state index contributed by atoms with van der Waals surface area (Å²) in [5.41, 5.74) is 5.25. The number of thiazole rings is 1. The summed E-state index contributed by atoms with van der Waals surface area (Å²) >= 11 is 1.18. The highest BCUT2D eigenvalue weighted by Crippen LogP contribution is 2.23. The Labute approximate surface area is 101 Å². The quantitative estimate of drug-likeness (QED) is 0.529.